The minimum atomic E-state index is 0.440. The van der Waals surface area contributed by atoms with Crippen molar-refractivity contribution in [3.63, 3.8) is 0 Å². The molecule has 0 aliphatic carbocycles. The highest BCUT2D eigenvalue weighted by Crippen LogP contribution is 2.31. The summed E-state index contributed by atoms with van der Waals surface area (Å²) in [6.07, 6.45) is 3.09. The second-order valence-corrected chi connectivity index (χ2v) is 3.97. The number of pyridine rings is 1. The molecule has 82 valence electrons. The number of hydrogen-bond donors (Lipinski definition) is 1. The highest BCUT2D eigenvalue weighted by Gasteiger charge is 2.04. The third-order valence-corrected chi connectivity index (χ3v) is 2.39. The summed E-state index contributed by atoms with van der Waals surface area (Å²) < 4.78 is 5.51. The van der Waals surface area contributed by atoms with Crippen LogP contribution in [0.3, 0.4) is 0 Å². The van der Waals surface area contributed by atoms with E-state index < -0.39 is 0 Å². The Morgan fingerprint density at radius 3 is 2.62 bits per heavy atom. The van der Waals surface area contributed by atoms with Crippen LogP contribution in [0.1, 0.15) is 0 Å². The molecule has 0 amide bonds. The fraction of sp³-hybridized carbons (Fsp3) is 0. The number of anilines is 1. The molecule has 0 radical (unpaired) electrons. The number of aromatic nitrogens is 1. The summed E-state index contributed by atoms with van der Waals surface area (Å²) in [4.78, 5) is 3.91. The van der Waals surface area contributed by atoms with Gasteiger partial charge in [-0.2, -0.15) is 0 Å². The number of ether oxygens (including phenoxy) is 1. The second kappa shape index (κ2) is 4.60. The molecule has 5 heteroatoms. The lowest BCUT2D eigenvalue weighted by Gasteiger charge is -2.07. The van der Waals surface area contributed by atoms with Gasteiger partial charge in [-0.25, -0.2) is 0 Å². The molecule has 1 heterocycles. The second-order valence-electron chi connectivity index (χ2n) is 3.13. The summed E-state index contributed by atoms with van der Waals surface area (Å²) in [6.45, 7) is 0. The Morgan fingerprint density at radius 1 is 1.12 bits per heavy atom. The largest absolute Gasteiger partial charge is 0.454 e. The summed E-state index contributed by atoms with van der Waals surface area (Å²) in [5.74, 6) is 1.04. The molecule has 0 saturated carbocycles. The van der Waals surface area contributed by atoms with E-state index in [9.17, 15) is 0 Å². The molecule has 0 spiro atoms. The third-order valence-electron chi connectivity index (χ3n) is 1.86. The van der Waals surface area contributed by atoms with Gasteiger partial charge in [0, 0.05) is 11.1 Å². The lowest BCUT2D eigenvalue weighted by atomic mass is 10.3. The zero-order valence-corrected chi connectivity index (χ0v) is 9.66. The Bertz CT molecular complexity index is 517. The van der Waals surface area contributed by atoms with Gasteiger partial charge in [0.2, 0.25) is 0 Å². The Balaban J connectivity index is 2.27. The SMILES string of the molecule is Nc1cncc(Oc2ccc(Cl)cc2Cl)c1. The van der Waals surface area contributed by atoms with Gasteiger partial charge in [-0.3, -0.25) is 4.98 Å². The topological polar surface area (TPSA) is 48.1 Å². The van der Waals surface area contributed by atoms with Gasteiger partial charge in [0.05, 0.1) is 23.1 Å². The highest BCUT2D eigenvalue weighted by atomic mass is 35.5. The van der Waals surface area contributed by atoms with E-state index in [0.717, 1.165) is 0 Å². The lowest BCUT2D eigenvalue weighted by molar-refractivity contribution is 0.481. The summed E-state index contributed by atoms with van der Waals surface area (Å²) >= 11 is 11.7. The lowest BCUT2D eigenvalue weighted by Crippen LogP contribution is -1.90. The first-order valence-electron chi connectivity index (χ1n) is 4.48. The number of halogens is 2. The van der Waals surface area contributed by atoms with E-state index in [1.807, 2.05) is 0 Å². The van der Waals surface area contributed by atoms with E-state index in [-0.39, 0.29) is 0 Å². The average Bonchev–Trinajstić information content (AvgIpc) is 2.22. The molecule has 1 aromatic carbocycles. The van der Waals surface area contributed by atoms with E-state index in [2.05, 4.69) is 4.98 Å². The maximum Gasteiger partial charge on any atom is 0.147 e. The Hall–Kier alpha value is -1.45. The summed E-state index contributed by atoms with van der Waals surface area (Å²) in [7, 11) is 0. The normalized spacial score (nSPS) is 10.1. The molecule has 0 aliphatic rings. The van der Waals surface area contributed by atoms with Crippen LogP contribution in [0.5, 0.6) is 11.5 Å². The van der Waals surface area contributed by atoms with Crippen LogP contribution in [-0.2, 0) is 0 Å². The van der Waals surface area contributed by atoms with Gasteiger partial charge in [0.1, 0.15) is 11.5 Å². The van der Waals surface area contributed by atoms with Crippen LogP contribution in [0.25, 0.3) is 0 Å². The Morgan fingerprint density at radius 2 is 1.94 bits per heavy atom. The molecule has 0 atom stereocenters. The predicted octanol–water partition coefficient (Wildman–Crippen LogP) is 3.76. The zero-order valence-electron chi connectivity index (χ0n) is 8.15. The first-order valence-corrected chi connectivity index (χ1v) is 5.24. The van der Waals surface area contributed by atoms with E-state index >= 15 is 0 Å². The first kappa shape index (κ1) is 11.0. The summed E-state index contributed by atoms with van der Waals surface area (Å²) in [5.41, 5.74) is 6.11. The maximum atomic E-state index is 5.96. The fourth-order valence-electron chi connectivity index (χ4n) is 1.18. The maximum absolute atomic E-state index is 5.96. The number of benzene rings is 1. The van der Waals surface area contributed by atoms with Gasteiger partial charge in [-0.05, 0) is 18.2 Å². The number of nitrogen functional groups attached to an aromatic ring is 1. The van der Waals surface area contributed by atoms with Crippen molar-refractivity contribution in [1.82, 2.24) is 4.98 Å². The van der Waals surface area contributed by atoms with E-state index in [1.165, 1.54) is 6.20 Å². The van der Waals surface area contributed by atoms with E-state index in [4.69, 9.17) is 33.7 Å². The Kier molecular flexibility index (Phi) is 3.17. The molecule has 0 saturated heterocycles. The highest BCUT2D eigenvalue weighted by molar-refractivity contribution is 6.35. The van der Waals surface area contributed by atoms with Crippen LogP contribution >= 0.6 is 23.2 Å². The summed E-state index contributed by atoms with van der Waals surface area (Å²) in [5, 5.41) is 0.998. The van der Waals surface area contributed by atoms with Crippen LogP contribution < -0.4 is 10.5 Å². The van der Waals surface area contributed by atoms with Crippen molar-refractivity contribution in [3.8, 4) is 11.5 Å². The van der Waals surface area contributed by atoms with Gasteiger partial charge in [-0.15, -0.1) is 0 Å². The molecule has 0 fully saturated rings. The molecule has 0 aliphatic heterocycles. The first-order chi connectivity index (χ1) is 7.65. The van der Waals surface area contributed by atoms with E-state index in [1.54, 1.807) is 30.5 Å². The Labute approximate surface area is 103 Å². The van der Waals surface area contributed by atoms with Crippen molar-refractivity contribution >= 4 is 28.9 Å². The van der Waals surface area contributed by atoms with Gasteiger partial charge in [0.25, 0.3) is 0 Å². The number of hydrogen-bond acceptors (Lipinski definition) is 3. The van der Waals surface area contributed by atoms with Crippen LogP contribution in [0.15, 0.2) is 36.7 Å². The predicted molar refractivity (Wildman–Crippen MR) is 65.2 cm³/mol. The quantitative estimate of drug-likeness (QED) is 0.888. The molecule has 16 heavy (non-hydrogen) atoms. The number of rotatable bonds is 2. The zero-order chi connectivity index (χ0) is 11.5. The minimum absolute atomic E-state index is 0.440. The van der Waals surface area contributed by atoms with Gasteiger partial charge >= 0.3 is 0 Å². The minimum Gasteiger partial charge on any atom is -0.454 e. The molecular weight excluding hydrogens is 247 g/mol. The monoisotopic (exact) mass is 254 g/mol. The van der Waals surface area contributed by atoms with Crippen LogP contribution in [0.4, 0.5) is 5.69 Å². The van der Waals surface area contributed by atoms with Crippen LogP contribution in [0.2, 0.25) is 10.0 Å². The average molecular weight is 255 g/mol. The molecule has 0 bridgehead atoms. The molecule has 1 aromatic heterocycles. The van der Waals surface area contributed by atoms with Crippen molar-refractivity contribution in [2.45, 2.75) is 0 Å². The standard InChI is InChI=1S/C11H8Cl2N2O/c12-7-1-2-11(10(13)3-7)16-9-4-8(14)5-15-6-9/h1-6H,14H2. The number of nitrogens with zero attached hydrogens (tertiary/aromatic N) is 1. The van der Waals surface area contributed by atoms with Crippen molar-refractivity contribution in [2.24, 2.45) is 0 Å². The molecular formula is C11H8Cl2N2O. The van der Waals surface area contributed by atoms with Gasteiger partial charge < -0.3 is 10.5 Å². The molecule has 2 aromatic rings. The van der Waals surface area contributed by atoms with Gasteiger partial charge in [0.15, 0.2) is 0 Å². The smallest absolute Gasteiger partial charge is 0.147 e. The molecule has 2 rings (SSSR count). The van der Waals surface area contributed by atoms with Crippen LogP contribution in [-0.4, -0.2) is 4.98 Å². The molecule has 2 N–H and O–H groups in total. The molecule has 3 nitrogen and oxygen atoms in total. The van der Waals surface area contributed by atoms with E-state index in [0.29, 0.717) is 27.2 Å². The van der Waals surface area contributed by atoms with Crippen molar-refractivity contribution in [1.29, 1.82) is 0 Å². The third kappa shape index (κ3) is 2.56. The summed E-state index contributed by atoms with van der Waals surface area (Å²) in [6, 6.07) is 6.66. The van der Waals surface area contributed by atoms with Crippen molar-refractivity contribution in [3.05, 3.63) is 46.7 Å². The van der Waals surface area contributed by atoms with Crippen LogP contribution in [0, 0.1) is 0 Å². The molecule has 0 unspecified atom stereocenters. The van der Waals surface area contributed by atoms with Gasteiger partial charge in [-0.1, -0.05) is 23.2 Å². The number of nitrogens with two attached hydrogens (primary N) is 1. The van der Waals surface area contributed by atoms with Crippen molar-refractivity contribution < 1.29 is 4.74 Å². The van der Waals surface area contributed by atoms with Crippen molar-refractivity contribution in [2.75, 3.05) is 5.73 Å². The fourth-order valence-corrected chi connectivity index (χ4v) is 1.62.